The number of hydrogen-bond acceptors (Lipinski definition) is 3. The minimum absolute atomic E-state index is 0.200. The Morgan fingerprint density at radius 3 is 2.91 bits per heavy atom. The second-order valence-electron chi connectivity index (χ2n) is 5.88. The Bertz CT molecular complexity index is 942. The summed E-state index contributed by atoms with van der Waals surface area (Å²) in [6.07, 6.45) is 3.53. The lowest BCUT2D eigenvalue weighted by atomic mass is 10.0. The molecule has 4 rings (SSSR count). The molecule has 116 valence electrons. The van der Waals surface area contributed by atoms with Gasteiger partial charge in [-0.15, -0.1) is 0 Å². The predicted molar refractivity (Wildman–Crippen MR) is 88.0 cm³/mol. The molecule has 0 saturated carbocycles. The SMILES string of the molecule is CCc1cccc2c1c1cccnc1n2C1CCC(=O)NC1=O. The second-order valence-corrected chi connectivity index (χ2v) is 5.88. The zero-order chi connectivity index (χ0) is 16.0. The van der Waals surface area contributed by atoms with Crippen molar-refractivity contribution in [3.8, 4) is 0 Å². The number of aryl methyl sites for hydroxylation is 1. The lowest BCUT2D eigenvalue weighted by molar-refractivity contribution is -0.135. The van der Waals surface area contributed by atoms with Crippen molar-refractivity contribution < 1.29 is 9.59 Å². The van der Waals surface area contributed by atoms with Crippen molar-refractivity contribution in [1.82, 2.24) is 14.9 Å². The van der Waals surface area contributed by atoms with Gasteiger partial charge < -0.3 is 4.57 Å². The summed E-state index contributed by atoms with van der Waals surface area (Å²) >= 11 is 0. The fourth-order valence-electron chi connectivity index (χ4n) is 3.54. The Morgan fingerprint density at radius 1 is 1.26 bits per heavy atom. The van der Waals surface area contributed by atoms with E-state index in [-0.39, 0.29) is 11.8 Å². The third-order valence-electron chi connectivity index (χ3n) is 4.58. The fourth-order valence-corrected chi connectivity index (χ4v) is 3.54. The number of benzene rings is 1. The molecule has 1 saturated heterocycles. The highest BCUT2D eigenvalue weighted by molar-refractivity contribution is 6.10. The number of rotatable bonds is 2. The van der Waals surface area contributed by atoms with Gasteiger partial charge in [0.2, 0.25) is 11.8 Å². The first-order chi connectivity index (χ1) is 11.2. The molecule has 23 heavy (non-hydrogen) atoms. The molecule has 1 aromatic carbocycles. The summed E-state index contributed by atoms with van der Waals surface area (Å²) < 4.78 is 1.99. The van der Waals surface area contributed by atoms with Crippen molar-refractivity contribution in [2.75, 3.05) is 0 Å². The molecule has 0 bridgehead atoms. The van der Waals surface area contributed by atoms with Gasteiger partial charge in [-0.2, -0.15) is 0 Å². The van der Waals surface area contributed by atoms with Gasteiger partial charge in [0, 0.05) is 23.4 Å². The summed E-state index contributed by atoms with van der Waals surface area (Å²) in [6.45, 7) is 2.13. The van der Waals surface area contributed by atoms with Gasteiger partial charge in [-0.3, -0.25) is 14.9 Å². The van der Waals surface area contributed by atoms with Gasteiger partial charge in [0.25, 0.3) is 0 Å². The number of carbonyl (C=O) groups is 2. The van der Waals surface area contributed by atoms with Crippen LogP contribution in [0.1, 0.15) is 31.4 Å². The molecular weight excluding hydrogens is 290 g/mol. The first-order valence-electron chi connectivity index (χ1n) is 7.91. The Morgan fingerprint density at radius 2 is 2.13 bits per heavy atom. The quantitative estimate of drug-likeness (QED) is 0.740. The summed E-state index contributed by atoms with van der Waals surface area (Å²) in [7, 11) is 0. The predicted octanol–water partition coefficient (Wildman–Crippen LogP) is 2.73. The number of fused-ring (bicyclic) bond motifs is 3. The number of nitrogens with zero attached hydrogens (tertiary/aromatic N) is 2. The fraction of sp³-hybridized carbons (Fsp3) is 0.278. The third kappa shape index (κ3) is 2.04. The van der Waals surface area contributed by atoms with Gasteiger partial charge in [-0.1, -0.05) is 19.1 Å². The van der Waals surface area contributed by atoms with Crippen LogP contribution in [0.2, 0.25) is 0 Å². The minimum Gasteiger partial charge on any atom is -0.313 e. The standard InChI is InChI=1S/C18H17N3O2/c1-2-11-5-3-7-13-16(11)12-6-4-10-19-17(12)21(13)14-8-9-15(22)20-18(14)23/h3-7,10,14H,2,8-9H2,1H3,(H,20,22,23). The average molecular weight is 307 g/mol. The van der Waals surface area contributed by atoms with Crippen molar-refractivity contribution in [2.24, 2.45) is 0 Å². The number of carbonyl (C=O) groups excluding carboxylic acids is 2. The van der Waals surface area contributed by atoms with Crippen LogP contribution in [0.3, 0.4) is 0 Å². The largest absolute Gasteiger partial charge is 0.313 e. The lowest BCUT2D eigenvalue weighted by Gasteiger charge is -2.23. The smallest absolute Gasteiger partial charge is 0.249 e. The number of hydrogen-bond donors (Lipinski definition) is 1. The van der Waals surface area contributed by atoms with Crippen LogP contribution in [-0.4, -0.2) is 21.4 Å². The first kappa shape index (κ1) is 13.9. The van der Waals surface area contributed by atoms with E-state index in [0.717, 1.165) is 28.4 Å². The van der Waals surface area contributed by atoms with Crippen LogP contribution in [0.5, 0.6) is 0 Å². The van der Waals surface area contributed by atoms with Crippen LogP contribution in [0, 0.1) is 0 Å². The number of pyridine rings is 1. The number of nitrogens with one attached hydrogen (secondary N) is 1. The number of piperidine rings is 1. The van der Waals surface area contributed by atoms with Gasteiger partial charge >= 0.3 is 0 Å². The Balaban J connectivity index is 2.05. The molecule has 1 aliphatic rings. The van der Waals surface area contributed by atoms with Crippen LogP contribution in [0.4, 0.5) is 0 Å². The highest BCUT2D eigenvalue weighted by Gasteiger charge is 2.31. The molecule has 5 heteroatoms. The molecule has 1 N–H and O–H groups in total. The molecule has 0 spiro atoms. The highest BCUT2D eigenvalue weighted by atomic mass is 16.2. The normalized spacial score (nSPS) is 18.6. The molecule has 0 radical (unpaired) electrons. The molecule has 1 atom stereocenters. The third-order valence-corrected chi connectivity index (χ3v) is 4.58. The number of imide groups is 1. The van der Waals surface area contributed by atoms with Crippen molar-refractivity contribution in [3.63, 3.8) is 0 Å². The molecule has 2 aromatic heterocycles. The van der Waals surface area contributed by atoms with E-state index >= 15 is 0 Å². The van der Waals surface area contributed by atoms with E-state index in [1.165, 1.54) is 5.56 Å². The number of amides is 2. The average Bonchev–Trinajstić information content (AvgIpc) is 2.90. The molecule has 2 amide bonds. The lowest BCUT2D eigenvalue weighted by Crippen LogP contribution is -2.41. The maximum absolute atomic E-state index is 12.4. The van der Waals surface area contributed by atoms with Crippen molar-refractivity contribution >= 4 is 33.8 Å². The maximum Gasteiger partial charge on any atom is 0.249 e. The van der Waals surface area contributed by atoms with Crippen molar-refractivity contribution in [2.45, 2.75) is 32.2 Å². The Kier molecular flexibility index (Phi) is 3.15. The zero-order valence-electron chi connectivity index (χ0n) is 12.9. The van der Waals surface area contributed by atoms with E-state index in [9.17, 15) is 9.59 Å². The van der Waals surface area contributed by atoms with Gasteiger partial charge in [0.15, 0.2) is 0 Å². The Labute approximate surface area is 133 Å². The van der Waals surface area contributed by atoms with E-state index in [2.05, 4.69) is 23.3 Å². The Hall–Kier alpha value is -2.69. The summed E-state index contributed by atoms with van der Waals surface area (Å²) in [5.41, 5.74) is 3.05. The molecule has 3 aromatic rings. The zero-order valence-corrected chi connectivity index (χ0v) is 12.9. The van der Waals surface area contributed by atoms with Gasteiger partial charge in [0.05, 0.1) is 5.52 Å². The molecular formula is C18H17N3O2. The molecule has 3 heterocycles. The summed E-state index contributed by atoms with van der Waals surface area (Å²) in [5, 5.41) is 4.66. The van der Waals surface area contributed by atoms with Gasteiger partial charge in [0.1, 0.15) is 11.7 Å². The monoisotopic (exact) mass is 307 g/mol. The van der Waals surface area contributed by atoms with Gasteiger partial charge in [-0.25, -0.2) is 4.98 Å². The highest BCUT2D eigenvalue weighted by Crippen LogP contribution is 2.35. The number of aromatic nitrogens is 2. The van der Waals surface area contributed by atoms with Crippen LogP contribution < -0.4 is 5.32 Å². The minimum atomic E-state index is -0.394. The van der Waals surface area contributed by atoms with E-state index in [4.69, 9.17) is 0 Å². The van der Waals surface area contributed by atoms with Gasteiger partial charge in [-0.05, 0) is 36.6 Å². The van der Waals surface area contributed by atoms with Crippen LogP contribution in [0.25, 0.3) is 21.9 Å². The maximum atomic E-state index is 12.4. The van der Waals surface area contributed by atoms with Crippen molar-refractivity contribution in [1.29, 1.82) is 0 Å². The first-order valence-corrected chi connectivity index (χ1v) is 7.91. The van der Waals surface area contributed by atoms with Crippen LogP contribution >= 0.6 is 0 Å². The van der Waals surface area contributed by atoms with E-state index < -0.39 is 6.04 Å². The molecule has 1 aliphatic heterocycles. The van der Waals surface area contributed by atoms with Crippen LogP contribution in [0.15, 0.2) is 36.5 Å². The topological polar surface area (TPSA) is 64.0 Å². The second kappa shape index (κ2) is 5.19. The summed E-state index contributed by atoms with van der Waals surface area (Å²) in [6, 6.07) is 9.73. The van der Waals surface area contributed by atoms with E-state index in [1.807, 2.05) is 28.8 Å². The van der Waals surface area contributed by atoms with Crippen molar-refractivity contribution in [3.05, 3.63) is 42.1 Å². The molecule has 1 unspecified atom stereocenters. The van der Waals surface area contributed by atoms with Crippen LogP contribution in [-0.2, 0) is 16.0 Å². The molecule has 1 fully saturated rings. The van der Waals surface area contributed by atoms with E-state index in [0.29, 0.717) is 12.8 Å². The van der Waals surface area contributed by atoms with E-state index in [1.54, 1.807) is 6.20 Å². The summed E-state index contributed by atoms with van der Waals surface area (Å²) in [4.78, 5) is 28.3. The molecule has 0 aliphatic carbocycles. The summed E-state index contributed by atoms with van der Waals surface area (Å²) in [5.74, 6) is -0.443. The molecule has 5 nitrogen and oxygen atoms in total.